The second-order valence-electron chi connectivity index (χ2n) is 13.0. The largest absolute Gasteiger partial charge is 0.509 e. The summed E-state index contributed by atoms with van der Waals surface area (Å²) < 4.78 is 20.4. The predicted molar refractivity (Wildman–Crippen MR) is 155 cm³/mol. The maximum Gasteiger partial charge on any atom is 0.509 e. The number of hydrogen-bond acceptors (Lipinski definition) is 11. The van der Waals surface area contributed by atoms with Crippen molar-refractivity contribution in [2.45, 2.75) is 64.8 Å². The molecule has 0 unspecified atom stereocenters. The van der Waals surface area contributed by atoms with E-state index in [1.807, 2.05) is 13.0 Å². The van der Waals surface area contributed by atoms with Crippen LogP contribution in [0.1, 0.15) is 52.0 Å². The van der Waals surface area contributed by atoms with E-state index in [-0.39, 0.29) is 65.0 Å². The number of nitrogens with zero attached hydrogens (tertiary/aromatic N) is 1. The summed E-state index contributed by atoms with van der Waals surface area (Å²) in [5.74, 6) is -0.570. The topological polar surface area (TPSA) is 172 Å². The van der Waals surface area contributed by atoms with Crippen LogP contribution in [0.25, 0.3) is 0 Å². The zero-order valence-corrected chi connectivity index (χ0v) is 25.5. The number of carbonyl (C=O) groups excluding carboxylic acids is 3. The first kappa shape index (κ1) is 31.6. The van der Waals surface area contributed by atoms with Gasteiger partial charge < -0.3 is 29.2 Å². The number of aliphatic hydroxyl groups excluding tert-OH is 1. The number of ether oxygens (including phenoxy) is 4. The fourth-order valence-corrected chi connectivity index (χ4v) is 8.83. The molecule has 0 aromatic heterocycles. The van der Waals surface area contributed by atoms with Crippen LogP contribution >= 0.6 is 0 Å². The van der Waals surface area contributed by atoms with Gasteiger partial charge in [0.05, 0.1) is 36.9 Å². The van der Waals surface area contributed by atoms with Crippen LogP contribution in [0.2, 0.25) is 0 Å². The summed E-state index contributed by atoms with van der Waals surface area (Å²) in [6.07, 6.45) is 4.70. The number of carbonyl (C=O) groups is 3. The lowest BCUT2D eigenvalue weighted by Crippen LogP contribution is -2.62. The highest BCUT2D eigenvalue weighted by atomic mass is 16.7. The molecule has 0 heterocycles. The standard InChI is InChI=1S/C32H39NO11/c1-17-10-20-21-7-9-32(38,31(21,3)14-24(35)28(20)30(2)8-6-19(34)12-22(17)30)27(36)16-44-29(37)43-15-18-11-25(41-4)26(42-5)13-23(18)33(39)40/h6,8,11-13,17,20-21,24,28,35,38H,7,9-10,14-16H2,1-5H3/t17-,20-,21-,24-,28+,30-,31-,32-/m0/s1. The average molecular weight is 614 g/mol. The number of benzene rings is 1. The molecule has 2 N–H and O–H groups in total. The van der Waals surface area contributed by atoms with Gasteiger partial charge in [-0.25, -0.2) is 4.79 Å². The monoisotopic (exact) mass is 613 g/mol. The van der Waals surface area contributed by atoms with Crippen LogP contribution in [0.15, 0.2) is 35.9 Å². The number of allylic oxidation sites excluding steroid dienone is 4. The maximum atomic E-state index is 13.5. The zero-order valence-electron chi connectivity index (χ0n) is 25.5. The SMILES string of the molecule is COc1cc(COC(=O)OCC(=O)[C@@]2(O)CC[C@H]3[C@@H]4C[C@H](C)C5=CC(=O)C=C[C@]5(C)[C@H]4[C@@H](O)C[C@@]32C)c([N+](=O)[O-])cc1OC. The molecule has 12 heteroatoms. The molecule has 3 saturated carbocycles. The molecule has 0 saturated heterocycles. The number of methoxy groups -OCH3 is 2. The van der Waals surface area contributed by atoms with E-state index in [1.165, 1.54) is 20.3 Å². The number of nitro groups is 1. The maximum absolute atomic E-state index is 13.5. The van der Waals surface area contributed by atoms with Crippen molar-refractivity contribution in [2.75, 3.05) is 20.8 Å². The van der Waals surface area contributed by atoms with Crippen molar-refractivity contribution in [3.63, 3.8) is 0 Å². The predicted octanol–water partition coefficient (Wildman–Crippen LogP) is 4.09. The summed E-state index contributed by atoms with van der Waals surface area (Å²) in [5, 5.41) is 35.0. The van der Waals surface area contributed by atoms with E-state index in [9.17, 15) is 34.7 Å². The Balaban J connectivity index is 1.27. The first-order valence-electron chi connectivity index (χ1n) is 14.8. The van der Waals surface area contributed by atoms with E-state index in [4.69, 9.17) is 18.9 Å². The van der Waals surface area contributed by atoms with Crippen LogP contribution in [0, 0.1) is 44.6 Å². The number of nitro benzene ring substituents is 1. The molecule has 0 spiro atoms. The van der Waals surface area contributed by atoms with Crippen LogP contribution in [-0.4, -0.2) is 65.4 Å². The molecule has 5 rings (SSSR count). The second-order valence-corrected chi connectivity index (χ2v) is 13.0. The Hall–Kier alpha value is -3.77. The van der Waals surface area contributed by atoms with E-state index < -0.39 is 52.6 Å². The second kappa shape index (κ2) is 11.3. The lowest BCUT2D eigenvalue weighted by molar-refractivity contribution is -0.385. The number of ketones is 2. The summed E-state index contributed by atoms with van der Waals surface area (Å²) in [5.41, 5.74) is -2.63. The van der Waals surface area contributed by atoms with Gasteiger partial charge in [0.1, 0.15) is 12.2 Å². The van der Waals surface area contributed by atoms with Crippen LogP contribution < -0.4 is 9.47 Å². The molecule has 3 fully saturated rings. The van der Waals surface area contributed by atoms with E-state index in [1.54, 1.807) is 12.2 Å². The lowest BCUT2D eigenvalue weighted by Gasteiger charge is -2.60. The van der Waals surface area contributed by atoms with Crippen molar-refractivity contribution >= 4 is 23.4 Å². The molecule has 0 radical (unpaired) electrons. The smallest absolute Gasteiger partial charge is 0.493 e. The van der Waals surface area contributed by atoms with Gasteiger partial charge in [-0.05, 0) is 61.7 Å². The van der Waals surface area contributed by atoms with Crippen molar-refractivity contribution in [1.82, 2.24) is 0 Å². The Kier molecular flexibility index (Phi) is 8.13. The Morgan fingerprint density at radius 2 is 1.82 bits per heavy atom. The van der Waals surface area contributed by atoms with Crippen molar-refractivity contribution in [1.29, 1.82) is 0 Å². The Labute approximate surface area is 255 Å². The molecular formula is C32H39NO11. The number of fused-ring (bicyclic) bond motifs is 5. The molecule has 4 aliphatic carbocycles. The van der Waals surface area contributed by atoms with Gasteiger partial charge in [-0.1, -0.05) is 32.4 Å². The van der Waals surface area contributed by atoms with Crippen LogP contribution in [0.4, 0.5) is 10.5 Å². The Morgan fingerprint density at radius 1 is 1.14 bits per heavy atom. The summed E-state index contributed by atoms with van der Waals surface area (Å²) in [7, 11) is 2.69. The molecule has 44 heavy (non-hydrogen) atoms. The van der Waals surface area contributed by atoms with Gasteiger partial charge in [-0.3, -0.25) is 19.7 Å². The van der Waals surface area contributed by atoms with Crippen molar-refractivity contribution < 1.29 is 48.5 Å². The summed E-state index contributed by atoms with van der Waals surface area (Å²) in [4.78, 5) is 49.0. The molecule has 1 aromatic rings. The summed E-state index contributed by atoms with van der Waals surface area (Å²) >= 11 is 0. The third-order valence-corrected chi connectivity index (χ3v) is 10.9. The molecule has 1 aromatic carbocycles. The minimum Gasteiger partial charge on any atom is -0.493 e. The number of aliphatic hydroxyl groups is 2. The molecule has 8 atom stereocenters. The molecule has 0 aliphatic heterocycles. The van der Waals surface area contributed by atoms with Crippen LogP contribution in [0.5, 0.6) is 11.5 Å². The van der Waals surface area contributed by atoms with Gasteiger partial charge in [0.25, 0.3) is 5.69 Å². The van der Waals surface area contributed by atoms with Crippen LogP contribution in [-0.2, 0) is 25.7 Å². The average Bonchev–Trinajstić information content (AvgIpc) is 3.25. The first-order valence-corrected chi connectivity index (χ1v) is 14.8. The van der Waals surface area contributed by atoms with Gasteiger partial charge in [0.15, 0.2) is 23.9 Å². The summed E-state index contributed by atoms with van der Waals surface area (Å²) in [6, 6.07) is 2.46. The van der Waals surface area contributed by atoms with E-state index in [2.05, 4.69) is 13.8 Å². The number of rotatable bonds is 8. The van der Waals surface area contributed by atoms with Gasteiger partial charge >= 0.3 is 6.16 Å². The highest BCUT2D eigenvalue weighted by Gasteiger charge is 2.68. The zero-order chi connectivity index (χ0) is 32.2. The van der Waals surface area contributed by atoms with Gasteiger partial charge in [0.2, 0.25) is 5.78 Å². The van der Waals surface area contributed by atoms with Crippen molar-refractivity contribution in [3.05, 3.63) is 51.6 Å². The highest BCUT2D eigenvalue weighted by Crippen LogP contribution is 2.67. The molecule has 0 bridgehead atoms. The van der Waals surface area contributed by atoms with Gasteiger partial charge in [-0.2, -0.15) is 0 Å². The number of hydrogen-bond donors (Lipinski definition) is 2. The van der Waals surface area contributed by atoms with Crippen molar-refractivity contribution in [3.8, 4) is 11.5 Å². The fourth-order valence-electron chi connectivity index (χ4n) is 8.83. The third-order valence-electron chi connectivity index (χ3n) is 10.9. The molecule has 12 nitrogen and oxygen atoms in total. The molecule has 4 aliphatic rings. The molecule has 0 amide bonds. The van der Waals surface area contributed by atoms with Crippen molar-refractivity contribution in [2.24, 2.45) is 34.5 Å². The quantitative estimate of drug-likeness (QED) is 0.246. The third kappa shape index (κ3) is 4.88. The van der Waals surface area contributed by atoms with E-state index >= 15 is 0 Å². The van der Waals surface area contributed by atoms with Gasteiger partial charge in [0, 0.05) is 16.7 Å². The number of Topliss-reactive ketones (excluding diaryl/α,β-unsaturated/α-hetero) is 1. The lowest BCUT2D eigenvalue weighted by atomic mass is 9.45. The Bertz CT molecular complexity index is 1450. The minimum absolute atomic E-state index is 0.00346. The first-order chi connectivity index (χ1) is 20.7. The minimum atomic E-state index is -1.84. The fraction of sp³-hybridized carbons (Fsp3) is 0.594. The van der Waals surface area contributed by atoms with Gasteiger partial charge in [-0.15, -0.1) is 0 Å². The van der Waals surface area contributed by atoms with Crippen LogP contribution in [0.3, 0.4) is 0 Å². The van der Waals surface area contributed by atoms with E-state index in [0.29, 0.717) is 6.42 Å². The summed E-state index contributed by atoms with van der Waals surface area (Å²) in [6.45, 7) is 4.67. The van der Waals surface area contributed by atoms with E-state index in [0.717, 1.165) is 18.1 Å². The molecular weight excluding hydrogens is 574 g/mol. The Morgan fingerprint density at radius 3 is 2.48 bits per heavy atom. The molecule has 238 valence electrons. The highest BCUT2D eigenvalue weighted by molar-refractivity contribution is 6.01. The normalized spacial score (nSPS) is 35.5.